The summed E-state index contributed by atoms with van der Waals surface area (Å²) in [4.78, 5) is 31.5. The number of amides is 2. The van der Waals surface area contributed by atoms with Crippen molar-refractivity contribution in [2.45, 2.75) is 25.9 Å². The Hall–Kier alpha value is -2.96. The maximum Gasteiger partial charge on any atom is 0.414 e. The molecule has 26 heavy (non-hydrogen) atoms. The third kappa shape index (κ3) is 2.69. The van der Waals surface area contributed by atoms with E-state index in [0.29, 0.717) is 37.2 Å². The van der Waals surface area contributed by atoms with Crippen LogP contribution >= 0.6 is 0 Å². The van der Waals surface area contributed by atoms with Crippen LogP contribution in [0.2, 0.25) is 0 Å². The Morgan fingerprint density at radius 3 is 2.85 bits per heavy atom. The van der Waals surface area contributed by atoms with Gasteiger partial charge in [-0.25, -0.2) is 9.18 Å². The second-order valence-electron chi connectivity index (χ2n) is 6.40. The molecule has 1 atom stereocenters. The van der Waals surface area contributed by atoms with Crippen LogP contribution in [0.1, 0.15) is 29.3 Å². The van der Waals surface area contributed by atoms with Crippen molar-refractivity contribution in [3.63, 3.8) is 0 Å². The highest BCUT2D eigenvalue weighted by Gasteiger charge is 2.32. The van der Waals surface area contributed by atoms with Gasteiger partial charge in [0.25, 0.3) is 5.91 Å². The molecule has 1 aromatic carbocycles. The van der Waals surface area contributed by atoms with E-state index in [9.17, 15) is 14.0 Å². The molecule has 2 aliphatic heterocycles. The number of hydrogen-bond acceptors (Lipinski definition) is 4. The average Bonchev–Trinajstić information content (AvgIpc) is 3.04. The van der Waals surface area contributed by atoms with E-state index < -0.39 is 11.9 Å². The van der Waals surface area contributed by atoms with Crippen LogP contribution < -0.4 is 9.80 Å². The number of nitrogens with zero attached hydrogens (tertiary/aromatic N) is 3. The van der Waals surface area contributed by atoms with Crippen LogP contribution in [0.3, 0.4) is 0 Å². The zero-order valence-electron chi connectivity index (χ0n) is 14.3. The zero-order valence-corrected chi connectivity index (χ0v) is 14.3. The van der Waals surface area contributed by atoms with Crippen LogP contribution in [0.4, 0.5) is 20.6 Å². The first-order chi connectivity index (χ1) is 12.6. The fraction of sp³-hybridized carbons (Fsp3) is 0.316. The van der Waals surface area contributed by atoms with Gasteiger partial charge < -0.3 is 9.64 Å². The SMILES string of the molecule is CC[C@H]1CN(c2ccc(N3CCc4cnccc4C3=O)c(F)c2)C(=O)O1. The maximum atomic E-state index is 14.8. The summed E-state index contributed by atoms with van der Waals surface area (Å²) in [6, 6.07) is 6.12. The second-order valence-corrected chi connectivity index (χ2v) is 6.40. The van der Waals surface area contributed by atoms with Crippen molar-refractivity contribution in [2.24, 2.45) is 0 Å². The summed E-state index contributed by atoms with van der Waals surface area (Å²) in [7, 11) is 0. The minimum Gasteiger partial charge on any atom is -0.444 e. The summed E-state index contributed by atoms with van der Waals surface area (Å²) in [5.41, 5.74) is 2.06. The lowest BCUT2D eigenvalue weighted by Gasteiger charge is -2.29. The van der Waals surface area contributed by atoms with Gasteiger partial charge in [0, 0.05) is 24.5 Å². The van der Waals surface area contributed by atoms with Gasteiger partial charge in [-0.2, -0.15) is 0 Å². The molecule has 0 bridgehead atoms. The van der Waals surface area contributed by atoms with Crippen LogP contribution in [0.25, 0.3) is 0 Å². The largest absolute Gasteiger partial charge is 0.444 e. The van der Waals surface area contributed by atoms with Gasteiger partial charge >= 0.3 is 6.09 Å². The summed E-state index contributed by atoms with van der Waals surface area (Å²) in [6.07, 6.45) is 3.90. The average molecular weight is 355 g/mol. The fourth-order valence-electron chi connectivity index (χ4n) is 3.37. The lowest BCUT2D eigenvalue weighted by atomic mass is 10.0. The number of hydrogen-bond donors (Lipinski definition) is 0. The van der Waals surface area contributed by atoms with Gasteiger partial charge in [0.05, 0.1) is 17.9 Å². The van der Waals surface area contributed by atoms with Gasteiger partial charge in [0.15, 0.2) is 0 Å². The normalized spacial score (nSPS) is 19.5. The molecule has 1 saturated heterocycles. The van der Waals surface area contributed by atoms with E-state index in [1.165, 1.54) is 15.9 Å². The van der Waals surface area contributed by atoms with E-state index >= 15 is 0 Å². The molecule has 0 aliphatic carbocycles. The molecule has 2 aromatic rings. The van der Waals surface area contributed by atoms with Gasteiger partial charge in [0.1, 0.15) is 11.9 Å². The van der Waals surface area contributed by atoms with Crippen LogP contribution in [0.5, 0.6) is 0 Å². The first-order valence-electron chi connectivity index (χ1n) is 8.61. The van der Waals surface area contributed by atoms with Crippen molar-refractivity contribution in [1.29, 1.82) is 0 Å². The number of ether oxygens (including phenoxy) is 1. The van der Waals surface area contributed by atoms with Crippen molar-refractivity contribution in [3.05, 3.63) is 53.6 Å². The molecule has 6 nitrogen and oxygen atoms in total. The van der Waals surface area contributed by atoms with E-state index in [1.54, 1.807) is 30.6 Å². The summed E-state index contributed by atoms with van der Waals surface area (Å²) in [5.74, 6) is -0.784. The number of carbonyl (C=O) groups is 2. The molecule has 2 amide bonds. The van der Waals surface area contributed by atoms with E-state index in [4.69, 9.17) is 4.74 Å². The molecule has 1 fully saturated rings. The van der Waals surface area contributed by atoms with E-state index in [-0.39, 0.29) is 17.7 Å². The van der Waals surface area contributed by atoms with E-state index in [0.717, 1.165) is 5.56 Å². The number of aromatic nitrogens is 1. The number of anilines is 2. The van der Waals surface area contributed by atoms with Crippen molar-refractivity contribution < 1.29 is 18.7 Å². The highest BCUT2D eigenvalue weighted by molar-refractivity contribution is 6.08. The minimum absolute atomic E-state index is 0.181. The predicted molar refractivity (Wildman–Crippen MR) is 93.9 cm³/mol. The van der Waals surface area contributed by atoms with Gasteiger partial charge in [0.2, 0.25) is 0 Å². The van der Waals surface area contributed by atoms with E-state index in [2.05, 4.69) is 4.98 Å². The minimum atomic E-state index is -0.541. The maximum absolute atomic E-state index is 14.8. The Kier molecular flexibility index (Phi) is 4.06. The van der Waals surface area contributed by atoms with Gasteiger partial charge in [-0.3, -0.25) is 14.7 Å². The zero-order chi connectivity index (χ0) is 18.3. The summed E-state index contributed by atoms with van der Waals surface area (Å²) in [6.45, 7) is 2.72. The Labute approximate surface area is 150 Å². The van der Waals surface area contributed by atoms with Crippen molar-refractivity contribution >= 4 is 23.4 Å². The lowest BCUT2D eigenvalue weighted by Crippen LogP contribution is -2.38. The molecule has 3 heterocycles. The monoisotopic (exact) mass is 355 g/mol. The molecular formula is C19H18FN3O3. The third-order valence-electron chi connectivity index (χ3n) is 4.85. The summed E-state index contributed by atoms with van der Waals surface area (Å²) >= 11 is 0. The highest BCUT2D eigenvalue weighted by Crippen LogP contribution is 2.31. The number of benzene rings is 1. The predicted octanol–water partition coefficient (Wildman–Crippen LogP) is 3.16. The molecule has 0 radical (unpaired) electrons. The number of halogens is 1. The Bertz CT molecular complexity index is 886. The molecule has 7 heteroatoms. The number of carbonyl (C=O) groups excluding carboxylic acids is 2. The molecule has 0 unspecified atom stereocenters. The van der Waals surface area contributed by atoms with Crippen molar-refractivity contribution in [1.82, 2.24) is 4.98 Å². The van der Waals surface area contributed by atoms with Gasteiger partial charge in [-0.05, 0) is 42.7 Å². The van der Waals surface area contributed by atoms with Crippen LogP contribution in [-0.4, -0.2) is 36.2 Å². The van der Waals surface area contributed by atoms with Gasteiger partial charge in [-0.1, -0.05) is 6.92 Å². The fourth-order valence-corrected chi connectivity index (χ4v) is 3.37. The first-order valence-corrected chi connectivity index (χ1v) is 8.61. The smallest absolute Gasteiger partial charge is 0.414 e. The van der Waals surface area contributed by atoms with Crippen molar-refractivity contribution in [3.8, 4) is 0 Å². The Morgan fingerprint density at radius 2 is 2.12 bits per heavy atom. The summed E-state index contributed by atoms with van der Waals surface area (Å²) in [5, 5.41) is 0. The molecular weight excluding hydrogens is 337 g/mol. The highest BCUT2D eigenvalue weighted by atomic mass is 19.1. The van der Waals surface area contributed by atoms with Crippen molar-refractivity contribution in [2.75, 3.05) is 22.9 Å². The topological polar surface area (TPSA) is 62.7 Å². The number of fused-ring (bicyclic) bond motifs is 1. The molecule has 0 spiro atoms. The van der Waals surface area contributed by atoms with Crippen LogP contribution in [0.15, 0.2) is 36.7 Å². The number of rotatable bonds is 3. The molecule has 134 valence electrons. The second kappa shape index (κ2) is 6.40. The van der Waals surface area contributed by atoms with Crippen LogP contribution in [0, 0.1) is 5.82 Å². The van der Waals surface area contributed by atoms with E-state index in [1.807, 2.05) is 6.92 Å². The first kappa shape index (κ1) is 16.5. The molecule has 0 saturated carbocycles. The molecule has 2 aliphatic rings. The van der Waals surface area contributed by atoms with Gasteiger partial charge in [-0.15, -0.1) is 0 Å². The molecule has 0 N–H and O–H groups in total. The van der Waals surface area contributed by atoms with Crippen LogP contribution in [-0.2, 0) is 11.2 Å². The lowest BCUT2D eigenvalue weighted by molar-refractivity contribution is 0.0979. The Balaban J connectivity index is 1.61. The quantitative estimate of drug-likeness (QED) is 0.848. The third-order valence-corrected chi connectivity index (χ3v) is 4.85. The standard InChI is InChI=1S/C19H18FN3O3/c1-2-14-11-23(19(25)26-14)13-3-4-17(16(20)9-13)22-8-6-12-10-21-7-5-15(12)18(22)24/h3-5,7,9-10,14H,2,6,8,11H2,1H3/t14-/m0/s1. The number of pyridine rings is 1. The molecule has 1 aromatic heterocycles. The summed E-state index contributed by atoms with van der Waals surface area (Å²) < 4.78 is 20.0. The number of cyclic esters (lactones) is 1. The Morgan fingerprint density at radius 1 is 1.27 bits per heavy atom. The molecule has 4 rings (SSSR count).